The zero-order chi connectivity index (χ0) is 14.1. The van der Waals surface area contributed by atoms with Crippen molar-refractivity contribution in [2.24, 2.45) is 5.92 Å². The maximum absolute atomic E-state index is 3.75. The van der Waals surface area contributed by atoms with Crippen molar-refractivity contribution in [1.29, 1.82) is 0 Å². The van der Waals surface area contributed by atoms with Gasteiger partial charge in [-0.25, -0.2) is 0 Å². The van der Waals surface area contributed by atoms with Gasteiger partial charge in [0.1, 0.15) is 0 Å². The van der Waals surface area contributed by atoms with Crippen molar-refractivity contribution in [2.45, 2.75) is 59.4 Å². The molecule has 0 aromatic heterocycles. The van der Waals surface area contributed by atoms with Gasteiger partial charge >= 0.3 is 0 Å². The van der Waals surface area contributed by atoms with E-state index < -0.39 is 0 Å². The van der Waals surface area contributed by atoms with Crippen LogP contribution in [0.2, 0.25) is 0 Å². The van der Waals surface area contributed by atoms with E-state index in [4.69, 9.17) is 0 Å². The van der Waals surface area contributed by atoms with E-state index >= 15 is 0 Å². The van der Waals surface area contributed by atoms with Crippen molar-refractivity contribution in [3.8, 4) is 0 Å². The Balaban J connectivity index is 2.71. The summed E-state index contributed by atoms with van der Waals surface area (Å²) in [6.45, 7) is 9.01. The summed E-state index contributed by atoms with van der Waals surface area (Å²) in [6.07, 6.45) is 7.19. The molecular weight excluding hydrogens is 230 g/mol. The number of benzene rings is 1. The summed E-state index contributed by atoms with van der Waals surface area (Å²) in [6, 6.07) is 11.2. The lowest BCUT2D eigenvalue weighted by atomic mass is 9.96. The lowest BCUT2D eigenvalue weighted by Crippen LogP contribution is -2.29. The molecular formula is C18H29N. The minimum absolute atomic E-state index is 0.589. The molecule has 0 aliphatic carbocycles. The van der Waals surface area contributed by atoms with Crippen LogP contribution < -0.4 is 5.32 Å². The largest absolute Gasteiger partial charge is 0.382 e. The SMILES string of the molecule is C/C=C(/NC(CCC)CC(C)CC)c1ccccc1. The minimum Gasteiger partial charge on any atom is -0.382 e. The molecule has 0 saturated heterocycles. The monoisotopic (exact) mass is 259 g/mol. The van der Waals surface area contributed by atoms with Gasteiger partial charge in [-0.05, 0) is 31.2 Å². The third-order valence-corrected chi connectivity index (χ3v) is 3.75. The first-order chi connectivity index (χ1) is 9.21. The number of hydrogen-bond donors (Lipinski definition) is 1. The summed E-state index contributed by atoms with van der Waals surface area (Å²) in [5.41, 5.74) is 2.55. The molecule has 0 radical (unpaired) electrons. The molecule has 0 heterocycles. The van der Waals surface area contributed by atoms with E-state index in [1.807, 2.05) is 0 Å². The van der Waals surface area contributed by atoms with Crippen LogP contribution in [0.15, 0.2) is 36.4 Å². The van der Waals surface area contributed by atoms with E-state index in [0.717, 1.165) is 5.92 Å². The minimum atomic E-state index is 0.589. The van der Waals surface area contributed by atoms with Gasteiger partial charge in [-0.15, -0.1) is 0 Å². The van der Waals surface area contributed by atoms with Crippen LogP contribution >= 0.6 is 0 Å². The average molecular weight is 259 g/mol. The molecule has 106 valence electrons. The number of rotatable bonds is 8. The van der Waals surface area contributed by atoms with Gasteiger partial charge in [0, 0.05) is 11.7 Å². The normalized spacial score (nSPS) is 15.1. The molecule has 2 atom stereocenters. The maximum atomic E-state index is 3.75. The zero-order valence-corrected chi connectivity index (χ0v) is 12.9. The van der Waals surface area contributed by atoms with E-state index in [1.54, 1.807) is 0 Å². The summed E-state index contributed by atoms with van der Waals surface area (Å²) in [7, 11) is 0. The Bertz CT molecular complexity index is 367. The third-order valence-electron chi connectivity index (χ3n) is 3.75. The number of hydrogen-bond acceptors (Lipinski definition) is 1. The lowest BCUT2D eigenvalue weighted by molar-refractivity contribution is 0.406. The smallest absolute Gasteiger partial charge is 0.0372 e. The van der Waals surface area contributed by atoms with Crippen molar-refractivity contribution >= 4 is 5.70 Å². The molecule has 0 aliphatic heterocycles. The molecule has 0 amide bonds. The Morgan fingerprint density at radius 1 is 1.21 bits per heavy atom. The molecule has 0 saturated carbocycles. The van der Waals surface area contributed by atoms with E-state index in [2.05, 4.69) is 69.4 Å². The maximum Gasteiger partial charge on any atom is 0.0372 e. The van der Waals surface area contributed by atoms with Crippen LogP contribution in [0.3, 0.4) is 0 Å². The standard InChI is InChI=1S/C18H29N/c1-5-11-17(14-15(4)6-2)19-18(7-3)16-12-9-8-10-13-16/h7-10,12-13,15,17,19H,5-6,11,14H2,1-4H3/b18-7+. The molecule has 1 aromatic carbocycles. The predicted octanol–water partition coefficient (Wildman–Crippen LogP) is 5.24. The highest BCUT2D eigenvalue weighted by molar-refractivity contribution is 5.63. The van der Waals surface area contributed by atoms with Crippen molar-refractivity contribution in [3.05, 3.63) is 42.0 Å². The van der Waals surface area contributed by atoms with Crippen molar-refractivity contribution < 1.29 is 0 Å². The summed E-state index contributed by atoms with van der Waals surface area (Å²) in [5, 5.41) is 3.75. The molecule has 0 bridgehead atoms. The van der Waals surface area contributed by atoms with Crippen molar-refractivity contribution in [3.63, 3.8) is 0 Å². The van der Waals surface area contributed by atoms with Crippen LogP contribution in [0.25, 0.3) is 5.70 Å². The molecule has 0 fully saturated rings. The van der Waals surface area contributed by atoms with E-state index in [-0.39, 0.29) is 0 Å². The van der Waals surface area contributed by atoms with E-state index in [0.29, 0.717) is 6.04 Å². The van der Waals surface area contributed by atoms with Crippen LogP contribution in [0.1, 0.15) is 58.9 Å². The lowest BCUT2D eigenvalue weighted by Gasteiger charge is -2.24. The van der Waals surface area contributed by atoms with Crippen molar-refractivity contribution in [2.75, 3.05) is 0 Å². The Morgan fingerprint density at radius 2 is 1.89 bits per heavy atom. The van der Waals surface area contributed by atoms with Gasteiger partial charge in [0.15, 0.2) is 0 Å². The van der Waals surface area contributed by atoms with Gasteiger partial charge in [-0.2, -0.15) is 0 Å². The Labute approximate surface area is 119 Å². The zero-order valence-electron chi connectivity index (χ0n) is 12.9. The van der Waals surface area contributed by atoms with Gasteiger partial charge in [0.05, 0.1) is 0 Å². The summed E-state index contributed by atoms with van der Waals surface area (Å²) in [4.78, 5) is 0. The van der Waals surface area contributed by atoms with Crippen LogP contribution in [-0.4, -0.2) is 6.04 Å². The van der Waals surface area contributed by atoms with Crippen LogP contribution in [0.4, 0.5) is 0 Å². The Morgan fingerprint density at radius 3 is 2.42 bits per heavy atom. The first-order valence-corrected chi connectivity index (χ1v) is 7.69. The average Bonchev–Trinajstić information content (AvgIpc) is 2.45. The molecule has 0 aliphatic rings. The topological polar surface area (TPSA) is 12.0 Å². The quantitative estimate of drug-likeness (QED) is 0.673. The Hall–Kier alpha value is -1.24. The molecule has 1 N–H and O–H groups in total. The molecule has 1 nitrogen and oxygen atoms in total. The summed E-state index contributed by atoms with van der Waals surface area (Å²) in [5.74, 6) is 0.790. The fraction of sp³-hybridized carbons (Fsp3) is 0.556. The summed E-state index contributed by atoms with van der Waals surface area (Å²) >= 11 is 0. The third kappa shape index (κ3) is 5.50. The molecule has 1 heteroatoms. The molecule has 2 unspecified atom stereocenters. The van der Waals surface area contributed by atoms with E-state index in [1.165, 1.54) is 36.9 Å². The van der Waals surface area contributed by atoms with Gasteiger partial charge in [0.2, 0.25) is 0 Å². The fourth-order valence-corrected chi connectivity index (χ4v) is 2.42. The molecule has 1 aromatic rings. The first-order valence-electron chi connectivity index (χ1n) is 7.69. The van der Waals surface area contributed by atoms with Gasteiger partial charge in [0.25, 0.3) is 0 Å². The van der Waals surface area contributed by atoms with Gasteiger partial charge in [-0.3, -0.25) is 0 Å². The highest BCUT2D eigenvalue weighted by Gasteiger charge is 2.13. The number of allylic oxidation sites excluding steroid dienone is 1. The highest BCUT2D eigenvalue weighted by Crippen LogP contribution is 2.18. The van der Waals surface area contributed by atoms with Crippen LogP contribution in [0.5, 0.6) is 0 Å². The van der Waals surface area contributed by atoms with E-state index in [9.17, 15) is 0 Å². The first kappa shape index (κ1) is 15.8. The predicted molar refractivity (Wildman–Crippen MR) is 86.0 cm³/mol. The van der Waals surface area contributed by atoms with Crippen LogP contribution in [-0.2, 0) is 0 Å². The number of nitrogens with one attached hydrogen (secondary N) is 1. The molecule has 0 spiro atoms. The second-order valence-corrected chi connectivity index (χ2v) is 5.45. The highest BCUT2D eigenvalue weighted by atomic mass is 14.9. The fourth-order valence-electron chi connectivity index (χ4n) is 2.42. The van der Waals surface area contributed by atoms with Crippen LogP contribution in [0, 0.1) is 5.92 Å². The second kappa shape index (κ2) is 8.79. The second-order valence-electron chi connectivity index (χ2n) is 5.45. The van der Waals surface area contributed by atoms with Crippen molar-refractivity contribution in [1.82, 2.24) is 5.32 Å². The molecule has 1 rings (SSSR count). The summed E-state index contributed by atoms with van der Waals surface area (Å²) < 4.78 is 0. The van der Waals surface area contributed by atoms with Gasteiger partial charge in [-0.1, -0.05) is 70.0 Å². The molecule has 19 heavy (non-hydrogen) atoms. The Kier molecular flexibility index (Phi) is 7.32. The van der Waals surface area contributed by atoms with Gasteiger partial charge < -0.3 is 5.32 Å².